The molecule has 0 radical (unpaired) electrons. The van der Waals surface area contributed by atoms with Crippen LogP contribution in [0.2, 0.25) is 0 Å². The largest absolute Gasteiger partial charge is 0.372 e. The Balaban J connectivity index is 2.00. The molecule has 1 aromatic rings. The van der Waals surface area contributed by atoms with Gasteiger partial charge in [-0.25, -0.2) is 8.42 Å². The predicted octanol–water partition coefficient (Wildman–Crippen LogP) is 3.24. The lowest BCUT2D eigenvalue weighted by Gasteiger charge is -2.28. The molecule has 2 aliphatic rings. The van der Waals surface area contributed by atoms with E-state index >= 15 is 0 Å². The Kier molecular flexibility index (Phi) is 6.39. The van der Waals surface area contributed by atoms with Gasteiger partial charge in [-0.3, -0.25) is 4.79 Å². The van der Waals surface area contributed by atoms with Crippen LogP contribution in [0.1, 0.15) is 39.2 Å². The molecule has 154 valence electrons. The van der Waals surface area contributed by atoms with Crippen molar-refractivity contribution in [3.05, 3.63) is 23.8 Å². The summed E-state index contributed by atoms with van der Waals surface area (Å²) in [6.07, 6.45) is 1.16. The number of amidine groups is 1. The molecular formula is C20H29N3O3S2. The Labute approximate surface area is 172 Å². The van der Waals surface area contributed by atoms with E-state index in [0.29, 0.717) is 11.6 Å². The van der Waals surface area contributed by atoms with Gasteiger partial charge < -0.3 is 9.80 Å². The number of amides is 1. The van der Waals surface area contributed by atoms with Gasteiger partial charge in [0.05, 0.1) is 17.5 Å². The van der Waals surface area contributed by atoms with Crippen LogP contribution in [0.4, 0.5) is 11.4 Å². The Morgan fingerprint density at radius 1 is 1.25 bits per heavy atom. The Morgan fingerprint density at radius 2 is 1.96 bits per heavy atom. The van der Waals surface area contributed by atoms with Gasteiger partial charge in [0.25, 0.3) is 0 Å². The topological polar surface area (TPSA) is 70.0 Å². The van der Waals surface area contributed by atoms with E-state index in [1.165, 1.54) is 11.8 Å². The van der Waals surface area contributed by atoms with Gasteiger partial charge >= 0.3 is 0 Å². The highest BCUT2D eigenvalue weighted by molar-refractivity contribution is 8.16. The molecule has 2 atom stereocenters. The third-order valence-corrected chi connectivity index (χ3v) is 8.53. The molecule has 28 heavy (non-hydrogen) atoms. The molecule has 1 amide bonds. The fourth-order valence-electron chi connectivity index (χ4n) is 3.92. The fourth-order valence-corrected chi connectivity index (χ4v) is 7.84. The number of sulfone groups is 1. The first kappa shape index (κ1) is 21.2. The lowest BCUT2D eigenvalue weighted by Crippen LogP contribution is -2.38. The predicted molar refractivity (Wildman–Crippen MR) is 118 cm³/mol. The molecule has 1 aromatic carbocycles. The van der Waals surface area contributed by atoms with Crippen LogP contribution in [0.3, 0.4) is 0 Å². The van der Waals surface area contributed by atoms with Gasteiger partial charge in [0.1, 0.15) is 0 Å². The van der Waals surface area contributed by atoms with Gasteiger partial charge in [-0.1, -0.05) is 18.7 Å². The molecule has 0 bridgehead atoms. The zero-order valence-electron chi connectivity index (χ0n) is 17.0. The third-order valence-electron chi connectivity index (χ3n) is 5.32. The van der Waals surface area contributed by atoms with Crippen molar-refractivity contribution < 1.29 is 13.2 Å². The number of thioether (sulfide) groups is 1. The maximum Gasteiger partial charge on any atom is 0.248 e. The van der Waals surface area contributed by atoms with Crippen LogP contribution in [0.25, 0.3) is 0 Å². The lowest BCUT2D eigenvalue weighted by atomic mass is 10.1. The van der Waals surface area contributed by atoms with E-state index in [-0.39, 0.29) is 28.7 Å². The van der Waals surface area contributed by atoms with Crippen molar-refractivity contribution in [2.75, 3.05) is 34.4 Å². The van der Waals surface area contributed by atoms with E-state index in [0.717, 1.165) is 36.4 Å². The molecule has 2 aliphatic heterocycles. The van der Waals surface area contributed by atoms with E-state index in [2.05, 4.69) is 35.9 Å². The molecule has 0 aliphatic carbocycles. The number of aryl methyl sites for hydroxylation is 1. The monoisotopic (exact) mass is 423 g/mol. The minimum Gasteiger partial charge on any atom is -0.372 e. The fraction of sp³-hybridized carbons (Fsp3) is 0.600. The van der Waals surface area contributed by atoms with Gasteiger partial charge in [-0.15, -0.1) is 0 Å². The smallest absolute Gasteiger partial charge is 0.248 e. The Morgan fingerprint density at radius 3 is 2.57 bits per heavy atom. The number of benzene rings is 1. The number of carbonyl (C=O) groups is 1. The Hall–Kier alpha value is -1.54. The van der Waals surface area contributed by atoms with Gasteiger partial charge in [-0.05, 0) is 51.0 Å². The summed E-state index contributed by atoms with van der Waals surface area (Å²) in [5, 5.41) is 0.571. The SMILES string of the molecule is CCCC(=O)N=C1S[C@@H]2CS(=O)(=O)C[C@H]2N1c1ccc(N(CC)CC)cc1C. The third kappa shape index (κ3) is 4.22. The number of nitrogens with zero attached hydrogens (tertiary/aromatic N) is 3. The van der Waals surface area contributed by atoms with Crippen molar-refractivity contribution in [3.63, 3.8) is 0 Å². The van der Waals surface area contributed by atoms with Crippen molar-refractivity contribution in [1.29, 1.82) is 0 Å². The highest BCUT2D eigenvalue weighted by Crippen LogP contribution is 2.42. The van der Waals surface area contributed by atoms with Gasteiger partial charge in [0.2, 0.25) is 5.91 Å². The first-order valence-corrected chi connectivity index (χ1v) is 12.6. The summed E-state index contributed by atoms with van der Waals surface area (Å²) in [7, 11) is -3.06. The van der Waals surface area contributed by atoms with E-state index in [1.807, 2.05) is 24.8 Å². The van der Waals surface area contributed by atoms with Crippen LogP contribution in [0.5, 0.6) is 0 Å². The highest BCUT2D eigenvalue weighted by Gasteiger charge is 2.49. The molecule has 0 spiro atoms. The maximum absolute atomic E-state index is 12.2. The summed E-state index contributed by atoms with van der Waals surface area (Å²) in [5.74, 6) is 0.120. The maximum atomic E-state index is 12.2. The summed E-state index contributed by atoms with van der Waals surface area (Å²) >= 11 is 1.43. The summed E-state index contributed by atoms with van der Waals surface area (Å²) in [5.41, 5.74) is 3.15. The van der Waals surface area contributed by atoms with E-state index in [9.17, 15) is 13.2 Å². The molecule has 2 fully saturated rings. The second kappa shape index (κ2) is 8.45. The zero-order chi connectivity index (χ0) is 20.5. The quantitative estimate of drug-likeness (QED) is 0.700. The highest BCUT2D eigenvalue weighted by atomic mass is 32.2. The normalized spacial score (nSPS) is 24.6. The van der Waals surface area contributed by atoms with E-state index in [4.69, 9.17) is 0 Å². The van der Waals surface area contributed by atoms with E-state index < -0.39 is 9.84 Å². The van der Waals surface area contributed by atoms with Crippen molar-refractivity contribution in [2.45, 2.75) is 51.8 Å². The molecule has 0 unspecified atom stereocenters. The second-order valence-corrected chi connectivity index (χ2v) is 10.7. The van der Waals surface area contributed by atoms with Crippen LogP contribution >= 0.6 is 11.8 Å². The molecule has 0 saturated carbocycles. The number of hydrogen-bond donors (Lipinski definition) is 0. The number of anilines is 2. The number of carbonyl (C=O) groups excluding carboxylic acids is 1. The number of aliphatic imine (C=N–C) groups is 1. The zero-order valence-corrected chi connectivity index (χ0v) is 18.6. The van der Waals surface area contributed by atoms with Crippen molar-refractivity contribution in [1.82, 2.24) is 0 Å². The van der Waals surface area contributed by atoms with Crippen molar-refractivity contribution >= 4 is 44.0 Å². The van der Waals surface area contributed by atoms with Crippen LogP contribution in [-0.4, -0.2) is 55.4 Å². The number of rotatable bonds is 6. The van der Waals surface area contributed by atoms with Gasteiger partial charge in [-0.2, -0.15) is 4.99 Å². The molecule has 2 heterocycles. The summed E-state index contributed by atoms with van der Waals surface area (Å²) in [4.78, 5) is 20.8. The average molecular weight is 424 g/mol. The van der Waals surface area contributed by atoms with Crippen LogP contribution in [0.15, 0.2) is 23.2 Å². The molecule has 2 saturated heterocycles. The Bertz CT molecular complexity index is 879. The van der Waals surface area contributed by atoms with Crippen LogP contribution in [-0.2, 0) is 14.6 Å². The van der Waals surface area contributed by atoms with Gasteiger partial charge in [0.15, 0.2) is 15.0 Å². The second-order valence-electron chi connectivity index (χ2n) is 7.35. The molecular weight excluding hydrogens is 394 g/mol. The van der Waals surface area contributed by atoms with Gasteiger partial charge in [0, 0.05) is 36.1 Å². The summed E-state index contributed by atoms with van der Waals surface area (Å²) in [6, 6.07) is 6.08. The molecule has 3 rings (SSSR count). The van der Waals surface area contributed by atoms with Crippen LogP contribution < -0.4 is 9.80 Å². The molecule has 0 aromatic heterocycles. The lowest BCUT2D eigenvalue weighted by molar-refractivity contribution is -0.117. The molecule has 8 heteroatoms. The standard InChI is InChI=1S/C20H29N3O3S2/c1-5-8-19(24)21-20-23(17-12-28(25,26)13-18(17)27-20)16-10-9-15(11-14(16)4)22(6-2)7-3/h9-11,17-18H,5-8,12-13H2,1-4H3/t17-,18-/m1/s1. The van der Waals surface area contributed by atoms with E-state index in [1.54, 1.807) is 0 Å². The first-order valence-electron chi connectivity index (χ1n) is 9.93. The summed E-state index contributed by atoms with van der Waals surface area (Å²) in [6.45, 7) is 10.1. The van der Waals surface area contributed by atoms with Crippen molar-refractivity contribution in [3.8, 4) is 0 Å². The minimum absolute atomic E-state index is 0.0694. The van der Waals surface area contributed by atoms with Crippen molar-refractivity contribution in [2.24, 2.45) is 4.99 Å². The molecule has 6 nitrogen and oxygen atoms in total. The molecule has 0 N–H and O–H groups in total. The minimum atomic E-state index is -3.06. The number of fused-ring (bicyclic) bond motifs is 1. The average Bonchev–Trinajstić information content (AvgIpc) is 3.08. The summed E-state index contributed by atoms with van der Waals surface area (Å²) < 4.78 is 24.4. The first-order chi connectivity index (χ1) is 13.3. The van der Waals surface area contributed by atoms with Crippen LogP contribution in [0, 0.1) is 6.92 Å². The number of hydrogen-bond acceptors (Lipinski definition) is 5.